The first-order valence-corrected chi connectivity index (χ1v) is 4.77. The molecule has 1 aromatic rings. The molecule has 0 saturated heterocycles. The standard InChI is InChI=1S/C12H18O/c1-8(2)10-6-5-7-11(9(3)4)12(10)13/h5-9,13H,1-4H3/i5T. The molecular weight excluding hydrogens is 160 g/mol. The lowest BCUT2D eigenvalue weighted by atomic mass is 9.94. The van der Waals surface area contributed by atoms with Crippen molar-refractivity contribution in [3.8, 4) is 5.75 Å². The van der Waals surface area contributed by atoms with Gasteiger partial charge >= 0.3 is 0 Å². The number of phenols is 1. The third kappa shape index (κ3) is 2.03. The third-order valence-corrected chi connectivity index (χ3v) is 2.27. The second kappa shape index (κ2) is 3.82. The molecule has 0 aromatic heterocycles. The summed E-state index contributed by atoms with van der Waals surface area (Å²) in [6.45, 7) is 8.11. The fourth-order valence-corrected chi connectivity index (χ4v) is 1.40. The summed E-state index contributed by atoms with van der Waals surface area (Å²) < 4.78 is 7.65. The monoisotopic (exact) mass is 180 g/mol. The van der Waals surface area contributed by atoms with Crippen molar-refractivity contribution < 1.29 is 6.48 Å². The molecule has 0 amide bonds. The lowest BCUT2D eigenvalue weighted by Crippen LogP contribution is -1.94. The maximum Gasteiger partial charge on any atom is 0.122 e. The van der Waals surface area contributed by atoms with Crippen LogP contribution in [0.3, 0.4) is 0 Å². The Labute approximate surface area is 81.8 Å². The minimum absolute atomic E-state index is 0.262. The third-order valence-electron chi connectivity index (χ3n) is 2.27. The summed E-state index contributed by atoms with van der Waals surface area (Å²) in [5.74, 6) is 0.890. The molecule has 0 bridgehead atoms. The minimum atomic E-state index is 0.262. The van der Waals surface area contributed by atoms with Crippen LogP contribution in [0, 0.1) is 0 Å². The molecule has 72 valence electrons. The Morgan fingerprint density at radius 1 is 1.08 bits per heavy atom. The summed E-state index contributed by atoms with van der Waals surface area (Å²) in [7, 11) is 0. The van der Waals surface area contributed by atoms with Gasteiger partial charge in [-0.3, -0.25) is 0 Å². The molecule has 1 rings (SSSR count). The summed E-state index contributed by atoms with van der Waals surface area (Å²) in [4.78, 5) is 0. The van der Waals surface area contributed by atoms with E-state index in [-0.39, 0.29) is 11.8 Å². The van der Waals surface area contributed by atoms with Crippen LogP contribution in [0.25, 0.3) is 0 Å². The van der Waals surface area contributed by atoms with Gasteiger partial charge in [0.25, 0.3) is 0 Å². The molecule has 1 aromatic carbocycles. The molecule has 0 saturated carbocycles. The molecule has 0 aliphatic carbocycles. The molecule has 0 aliphatic rings. The Morgan fingerprint density at radius 3 is 1.77 bits per heavy atom. The van der Waals surface area contributed by atoms with Crippen molar-refractivity contribution in [1.29, 1.82) is 0 Å². The van der Waals surface area contributed by atoms with Crippen molar-refractivity contribution in [1.82, 2.24) is 0 Å². The van der Waals surface area contributed by atoms with E-state index in [0.29, 0.717) is 11.8 Å². The number of hydrogen-bond acceptors (Lipinski definition) is 1. The van der Waals surface area contributed by atoms with E-state index in [2.05, 4.69) is 0 Å². The Hall–Kier alpha value is -0.980. The van der Waals surface area contributed by atoms with Gasteiger partial charge in [0.15, 0.2) is 0 Å². The molecule has 0 aliphatic heterocycles. The van der Waals surface area contributed by atoms with Crippen LogP contribution in [0.1, 0.15) is 52.0 Å². The van der Waals surface area contributed by atoms with Crippen molar-refractivity contribution in [2.75, 3.05) is 0 Å². The highest BCUT2D eigenvalue weighted by molar-refractivity contribution is 5.43. The average Bonchev–Trinajstić information content (AvgIpc) is 2.07. The van der Waals surface area contributed by atoms with E-state index < -0.39 is 0 Å². The van der Waals surface area contributed by atoms with Gasteiger partial charge in [0.2, 0.25) is 0 Å². The van der Waals surface area contributed by atoms with E-state index in [1.807, 2.05) is 27.7 Å². The molecule has 0 atom stereocenters. The van der Waals surface area contributed by atoms with E-state index in [1.54, 1.807) is 12.1 Å². The summed E-state index contributed by atoms with van der Waals surface area (Å²) in [6, 6.07) is 3.97. The Balaban J connectivity index is 3.32. The van der Waals surface area contributed by atoms with E-state index in [4.69, 9.17) is 1.37 Å². The molecule has 1 heteroatoms. The lowest BCUT2D eigenvalue weighted by Gasteiger charge is -2.14. The molecule has 1 nitrogen and oxygen atoms in total. The van der Waals surface area contributed by atoms with Crippen molar-refractivity contribution in [2.45, 2.75) is 39.5 Å². The van der Waals surface area contributed by atoms with Gasteiger partial charge < -0.3 is 5.11 Å². The first kappa shape index (κ1) is 8.61. The van der Waals surface area contributed by atoms with Crippen molar-refractivity contribution in [3.63, 3.8) is 0 Å². The highest BCUT2D eigenvalue weighted by Gasteiger charge is 2.11. The maximum atomic E-state index is 9.97. The molecule has 0 radical (unpaired) electrons. The normalized spacial score (nSPS) is 12.3. The number of hydrogen-bond donors (Lipinski definition) is 1. The van der Waals surface area contributed by atoms with Gasteiger partial charge in [-0.15, -0.1) is 0 Å². The van der Waals surface area contributed by atoms with Crippen LogP contribution in [0.4, 0.5) is 0 Å². The zero-order valence-electron chi connectivity index (χ0n) is 9.76. The second-order valence-corrected chi connectivity index (χ2v) is 4.02. The van der Waals surface area contributed by atoms with Crippen molar-refractivity contribution in [2.24, 2.45) is 0 Å². The van der Waals surface area contributed by atoms with Crippen molar-refractivity contribution in [3.05, 3.63) is 29.3 Å². The Bertz CT molecular complexity index is 300. The predicted molar refractivity (Wildman–Crippen MR) is 56.3 cm³/mol. The molecule has 0 heterocycles. The fourth-order valence-electron chi connectivity index (χ4n) is 1.40. The Kier molecular flexibility index (Phi) is 2.53. The van der Waals surface area contributed by atoms with Crippen LogP contribution < -0.4 is 0 Å². The van der Waals surface area contributed by atoms with Crippen LogP contribution in [-0.4, -0.2) is 5.11 Å². The molecule has 0 spiro atoms. The van der Waals surface area contributed by atoms with Crippen LogP contribution in [0.2, 0.25) is 0 Å². The smallest absolute Gasteiger partial charge is 0.122 e. The quantitative estimate of drug-likeness (QED) is 0.736. The second-order valence-electron chi connectivity index (χ2n) is 4.02. The summed E-state index contributed by atoms with van der Waals surface area (Å²) >= 11 is 0. The lowest BCUT2D eigenvalue weighted by molar-refractivity contribution is 0.454. The largest absolute Gasteiger partial charge is 0.507 e. The summed E-state index contributed by atoms with van der Waals surface area (Å²) in [5.41, 5.74) is 1.75. The van der Waals surface area contributed by atoms with Crippen LogP contribution >= 0.6 is 0 Å². The van der Waals surface area contributed by atoms with E-state index in [1.165, 1.54) is 0 Å². The molecule has 0 fully saturated rings. The number of benzene rings is 1. The first-order valence-electron chi connectivity index (χ1n) is 5.27. The van der Waals surface area contributed by atoms with E-state index in [0.717, 1.165) is 11.1 Å². The number of phenolic OH excluding ortho intramolecular Hbond substituents is 1. The van der Waals surface area contributed by atoms with E-state index >= 15 is 0 Å². The van der Waals surface area contributed by atoms with Gasteiger partial charge in [-0.1, -0.05) is 45.9 Å². The van der Waals surface area contributed by atoms with Crippen LogP contribution in [0.5, 0.6) is 5.75 Å². The molecular formula is C12H18O. The molecule has 0 unspecified atom stereocenters. The van der Waals surface area contributed by atoms with Crippen LogP contribution in [0.15, 0.2) is 18.2 Å². The Morgan fingerprint density at radius 2 is 1.46 bits per heavy atom. The zero-order valence-corrected chi connectivity index (χ0v) is 8.76. The average molecular weight is 180 g/mol. The molecule has 13 heavy (non-hydrogen) atoms. The van der Waals surface area contributed by atoms with E-state index in [9.17, 15) is 5.11 Å². The highest BCUT2D eigenvalue weighted by atomic mass is 16.3. The topological polar surface area (TPSA) is 20.2 Å². The predicted octanol–water partition coefficient (Wildman–Crippen LogP) is 3.64. The van der Waals surface area contributed by atoms with Gasteiger partial charge in [0, 0.05) is 0 Å². The number of aromatic hydroxyl groups is 1. The van der Waals surface area contributed by atoms with Gasteiger partial charge in [-0.05, 0) is 23.0 Å². The fraction of sp³-hybridized carbons (Fsp3) is 0.500. The van der Waals surface area contributed by atoms with Gasteiger partial charge in [0.05, 0.1) is 1.37 Å². The zero-order chi connectivity index (χ0) is 10.9. The summed E-state index contributed by atoms with van der Waals surface area (Å²) in [5, 5.41) is 9.97. The summed E-state index contributed by atoms with van der Waals surface area (Å²) in [6.07, 6.45) is 0. The number of para-hydroxylation sites is 1. The highest BCUT2D eigenvalue weighted by Crippen LogP contribution is 2.32. The van der Waals surface area contributed by atoms with Gasteiger partial charge in [-0.25, -0.2) is 0 Å². The van der Waals surface area contributed by atoms with Crippen molar-refractivity contribution >= 4 is 0 Å². The van der Waals surface area contributed by atoms with Crippen LogP contribution in [-0.2, 0) is 0 Å². The molecule has 1 N–H and O–H groups in total. The SMILES string of the molecule is [3H]c1cc(C(C)C)c(O)c(C(C)C)c1. The minimum Gasteiger partial charge on any atom is -0.507 e. The maximum absolute atomic E-state index is 9.97. The first-order chi connectivity index (χ1) is 6.43. The van der Waals surface area contributed by atoms with Gasteiger partial charge in [0.1, 0.15) is 5.75 Å². The number of rotatable bonds is 2. The van der Waals surface area contributed by atoms with Gasteiger partial charge in [-0.2, -0.15) is 0 Å².